The number of benzene rings is 1. The fraction of sp³-hybridized carbons (Fsp3) is 0.667. The molecular formula is C18H29Cl2N. The molecule has 0 saturated heterocycles. The van der Waals surface area contributed by atoms with Crippen LogP contribution < -0.4 is 5.32 Å². The predicted molar refractivity (Wildman–Crippen MR) is 95.6 cm³/mol. The topological polar surface area (TPSA) is 12.0 Å². The fourth-order valence-electron chi connectivity index (χ4n) is 2.94. The Morgan fingerprint density at radius 3 is 2.14 bits per heavy atom. The second-order valence-corrected chi connectivity index (χ2v) is 6.67. The Labute approximate surface area is 140 Å². The summed E-state index contributed by atoms with van der Waals surface area (Å²) in [6.07, 6.45) is 7.27. The number of halogens is 2. The lowest BCUT2D eigenvalue weighted by Gasteiger charge is -2.28. The lowest BCUT2D eigenvalue weighted by atomic mass is 9.86. The summed E-state index contributed by atoms with van der Waals surface area (Å²) >= 11 is 12.2. The van der Waals surface area contributed by atoms with Gasteiger partial charge in [-0.05, 0) is 55.8 Å². The van der Waals surface area contributed by atoms with Gasteiger partial charge in [-0.3, -0.25) is 0 Å². The van der Waals surface area contributed by atoms with E-state index in [1.54, 1.807) is 0 Å². The molecule has 0 bridgehead atoms. The summed E-state index contributed by atoms with van der Waals surface area (Å²) in [4.78, 5) is 0. The fourth-order valence-corrected chi connectivity index (χ4v) is 3.26. The van der Waals surface area contributed by atoms with Crippen molar-refractivity contribution in [3.63, 3.8) is 0 Å². The van der Waals surface area contributed by atoms with Gasteiger partial charge in [-0.15, -0.1) is 0 Å². The molecular weight excluding hydrogens is 301 g/mol. The Kier molecular flexibility index (Phi) is 9.39. The van der Waals surface area contributed by atoms with Gasteiger partial charge in [0.2, 0.25) is 0 Å². The smallest absolute Gasteiger partial charge is 0.0595 e. The van der Waals surface area contributed by atoms with Crippen molar-refractivity contribution in [2.75, 3.05) is 6.54 Å². The van der Waals surface area contributed by atoms with Crippen molar-refractivity contribution in [1.82, 2.24) is 5.32 Å². The van der Waals surface area contributed by atoms with E-state index in [4.69, 9.17) is 23.2 Å². The van der Waals surface area contributed by atoms with Crippen molar-refractivity contribution in [2.24, 2.45) is 5.92 Å². The van der Waals surface area contributed by atoms with E-state index >= 15 is 0 Å². The molecule has 0 fully saturated rings. The van der Waals surface area contributed by atoms with Crippen molar-refractivity contribution in [3.8, 4) is 0 Å². The number of rotatable bonds is 10. The van der Waals surface area contributed by atoms with Crippen LogP contribution in [0.4, 0.5) is 0 Å². The van der Waals surface area contributed by atoms with Crippen LogP contribution in [0, 0.1) is 5.92 Å². The quantitative estimate of drug-likeness (QED) is 0.545. The predicted octanol–water partition coefficient (Wildman–Crippen LogP) is 6.12. The lowest BCUT2D eigenvalue weighted by Crippen LogP contribution is -2.38. The molecule has 1 rings (SSSR count). The van der Waals surface area contributed by atoms with E-state index in [1.807, 2.05) is 12.1 Å². The number of nitrogens with one attached hydrogen (secondary N) is 1. The van der Waals surface area contributed by atoms with Crippen LogP contribution in [0.25, 0.3) is 0 Å². The van der Waals surface area contributed by atoms with Crippen molar-refractivity contribution in [1.29, 1.82) is 0 Å². The molecule has 21 heavy (non-hydrogen) atoms. The van der Waals surface area contributed by atoms with Gasteiger partial charge in [0.05, 0.1) is 10.0 Å². The van der Waals surface area contributed by atoms with Gasteiger partial charge in [0.1, 0.15) is 0 Å². The Hall–Kier alpha value is -0.240. The van der Waals surface area contributed by atoms with Gasteiger partial charge in [-0.1, -0.05) is 62.9 Å². The zero-order valence-corrected chi connectivity index (χ0v) is 15.1. The molecule has 120 valence electrons. The Morgan fingerprint density at radius 2 is 1.62 bits per heavy atom. The first kappa shape index (κ1) is 18.8. The summed E-state index contributed by atoms with van der Waals surface area (Å²) in [5, 5.41) is 5.04. The molecule has 1 unspecified atom stereocenters. The SMILES string of the molecule is CCCNC(Cc1ccc(Cl)c(Cl)c1)C(CCC)CCC. The van der Waals surface area contributed by atoms with E-state index in [0.717, 1.165) is 18.9 Å². The molecule has 0 heterocycles. The maximum Gasteiger partial charge on any atom is 0.0595 e. The highest BCUT2D eigenvalue weighted by Gasteiger charge is 2.20. The normalized spacial score (nSPS) is 12.9. The van der Waals surface area contributed by atoms with E-state index < -0.39 is 0 Å². The highest BCUT2D eigenvalue weighted by atomic mass is 35.5. The largest absolute Gasteiger partial charge is 0.313 e. The van der Waals surface area contributed by atoms with Crippen LogP contribution in [-0.2, 0) is 6.42 Å². The molecule has 0 aromatic heterocycles. The van der Waals surface area contributed by atoms with E-state index in [1.165, 1.54) is 37.7 Å². The summed E-state index contributed by atoms with van der Waals surface area (Å²) in [5.41, 5.74) is 1.27. The molecule has 0 aliphatic heterocycles. The minimum atomic E-state index is 0.530. The molecule has 1 aromatic rings. The Balaban J connectivity index is 2.81. The molecule has 3 heteroatoms. The van der Waals surface area contributed by atoms with Gasteiger partial charge in [0.15, 0.2) is 0 Å². The summed E-state index contributed by atoms with van der Waals surface area (Å²) in [6.45, 7) is 7.85. The highest BCUT2D eigenvalue weighted by molar-refractivity contribution is 6.42. The van der Waals surface area contributed by atoms with Gasteiger partial charge in [0.25, 0.3) is 0 Å². The summed E-state index contributed by atoms with van der Waals surface area (Å²) in [7, 11) is 0. The minimum absolute atomic E-state index is 0.530. The van der Waals surface area contributed by atoms with E-state index in [2.05, 4.69) is 32.2 Å². The minimum Gasteiger partial charge on any atom is -0.313 e. The van der Waals surface area contributed by atoms with Gasteiger partial charge < -0.3 is 5.32 Å². The lowest BCUT2D eigenvalue weighted by molar-refractivity contribution is 0.309. The van der Waals surface area contributed by atoms with Gasteiger partial charge in [-0.25, -0.2) is 0 Å². The molecule has 0 aliphatic rings. The molecule has 0 radical (unpaired) electrons. The summed E-state index contributed by atoms with van der Waals surface area (Å²) in [6, 6.07) is 6.55. The van der Waals surface area contributed by atoms with E-state index in [0.29, 0.717) is 16.1 Å². The molecule has 0 spiro atoms. The van der Waals surface area contributed by atoms with Crippen LogP contribution in [0.15, 0.2) is 18.2 Å². The summed E-state index contributed by atoms with van der Waals surface area (Å²) < 4.78 is 0. The average molecular weight is 330 g/mol. The molecule has 0 aliphatic carbocycles. The van der Waals surface area contributed by atoms with E-state index in [-0.39, 0.29) is 0 Å². The van der Waals surface area contributed by atoms with Crippen LogP contribution >= 0.6 is 23.2 Å². The monoisotopic (exact) mass is 329 g/mol. The van der Waals surface area contributed by atoms with Gasteiger partial charge in [0, 0.05) is 6.04 Å². The van der Waals surface area contributed by atoms with Crippen molar-refractivity contribution in [3.05, 3.63) is 33.8 Å². The third-order valence-electron chi connectivity index (χ3n) is 3.98. The maximum absolute atomic E-state index is 6.15. The van der Waals surface area contributed by atoms with Gasteiger partial charge in [-0.2, -0.15) is 0 Å². The first-order valence-corrected chi connectivity index (χ1v) is 9.05. The zero-order chi connectivity index (χ0) is 15.7. The highest BCUT2D eigenvalue weighted by Crippen LogP contribution is 2.26. The van der Waals surface area contributed by atoms with Crippen molar-refractivity contribution >= 4 is 23.2 Å². The second kappa shape index (κ2) is 10.5. The molecule has 1 aromatic carbocycles. The average Bonchev–Trinajstić information content (AvgIpc) is 2.47. The molecule has 1 nitrogen and oxygen atoms in total. The maximum atomic E-state index is 6.15. The third kappa shape index (κ3) is 6.59. The van der Waals surface area contributed by atoms with Crippen molar-refractivity contribution < 1.29 is 0 Å². The molecule has 1 N–H and O–H groups in total. The van der Waals surface area contributed by atoms with Gasteiger partial charge >= 0.3 is 0 Å². The van der Waals surface area contributed by atoms with Crippen LogP contribution in [0.2, 0.25) is 10.0 Å². The van der Waals surface area contributed by atoms with Crippen LogP contribution in [0.5, 0.6) is 0 Å². The first-order valence-electron chi connectivity index (χ1n) is 8.29. The molecule has 0 amide bonds. The van der Waals surface area contributed by atoms with Crippen LogP contribution in [-0.4, -0.2) is 12.6 Å². The first-order chi connectivity index (χ1) is 10.1. The van der Waals surface area contributed by atoms with Crippen molar-refractivity contribution in [2.45, 2.75) is 65.3 Å². The van der Waals surface area contributed by atoms with Crippen LogP contribution in [0.1, 0.15) is 58.4 Å². The standard InChI is InChI=1S/C18H29Cl2N/c1-4-7-15(8-5-2)18(21-11-6-3)13-14-9-10-16(19)17(20)12-14/h9-10,12,15,18,21H,4-8,11,13H2,1-3H3. The summed E-state index contributed by atoms with van der Waals surface area (Å²) in [5.74, 6) is 0.737. The number of hydrogen-bond acceptors (Lipinski definition) is 1. The second-order valence-electron chi connectivity index (χ2n) is 5.85. The van der Waals surface area contributed by atoms with E-state index in [9.17, 15) is 0 Å². The van der Waals surface area contributed by atoms with Crippen LogP contribution in [0.3, 0.4) is 0 Å². The number of hydrogen-bond donors (Lipinski definition) is 1. The Bertz CT molecular complexity index is 400. The molecule has 1 atom stereocenters. The zero-order valence-electron chi connectivity index (χ0n) is 13.6. The Morgan fingerprint density at radius 1 is 0.952 bits per heavy atom. The third-order valence-corrected chi connectivity index (χ3v) is 4.72. The molecule has 0 saturated carbocycles.